The predicted octanol–water partition coefficient (Wildman–Crippen LogP) is 3.11. The van der Waals surface area contributed by atoms with Crippen LogP contribution in [0.2, 0.25) is 0 Å². The monoisotopic (exact) mass is 445 g/mol. The fourth-order valence-corrected chi connectivity index (χ4v) is 4.76. The molecule has 0 aromatic carbocycles. The number of nitrogens with two attached hydrogens (primary N) is 1. The second kappa shape index (κ2) is 16.6. The number of Topliss-reactive ketones (excluding diaryl/α,β-unsaturated/α-hetero) is 1. The predicted molar refractivity (Wildman–Crippen MR) is 122 cm³/mol. The molecule has 0 saturated heterocycles. The molecule has 0 bridgehead atoms. The molecule has 7 heteroatoms. The minimum atomic E-state index is -1.90. The van der Waals surface area contributed by atoms with Crippen LogP contribution in [0.3, 0.4) is 0 Å². The van der Waals surface area contributed by atoms with Crippen molar-refractivity contribution in [3.63, 3.8) is 0 Å². The lowest BCUT2D eigenvalue weighted by Crippen LogP contribution is -2.62. The molecule has 1 amide bonds. The summed E-state index contributed by atoms with van der Waals surface area (Å²) < 4.78 is 5.48. The molecule has 184 valence electrons. The van der Waals surface area contributed by atoms with E-state index in [1.54, 1.807) is 13.8 Å². The molecule has 0 rings (SSSR count). The molecular formula is C24H47NO6. The Hall–Kier alpha value is -1.02. The van der Waals surface area contributed by atoms with E-state index in [4.69, 9.17) is 10.5 Å². The Bertz CT molecular complexity index is 496. The van der Waals surface area contributed by atoms with E-state index >= 15 is 0 Å². The lowest BCUT2D eigenvalue weighted by Gasteiger charge is -2.44. The number of methoxy groups -OCH3 is 1. The van der Waals surface area contributed by atoms with Gasteiger partial charge in [-0.15, -0.1) is 0 Å². The van der Waals surface area contributed by atoms with Crippen LogP contribution in [0.25, 0.3) is 0 Å². The van der Waals surface area contributed by atoms with Gasteiger partial charge in [-0.2, -0.15) is 0 Å². The third kappa shape index (κ3) is 8.44. The molecule has 0 heterocycles. The number of ether oxygens (including phenoxy) is 1. The molecule has 0 aromatic heterocycles. The lowest BCUT2D eigenvalue weighted by atomic mass is 9.61. The first kappa shape index (κ1) is 30.0. The number of rotatable bonds is 20. The fourth-order valence-electron chi connectivity index (χ4n) is 4.76. The van der Waals surface area contributed by atoms with E-state index in [0.717, 1.165) is 25.7 Å². The standard InChI is InChI=1S/C24H47NO6/c1-5-8-9-10-11-12-13-14-15-16-18(19(27)6-2)24(23(25)30,21(7-3)31-4)22(29)20(28)17-26/h18-21,26-28H,5-17H2,1-4H3,(H2,25,30). The highest BCUT2D eigenvalue weighted by Gasteiger charge is 2.58. The van der Waals surface area contributed by atoms with Gasteiger partial charge in [0.15, 0.2) is 5.78 Å². The molecular weight excluding hydrogens is 398 g/mol. The van der Waals surface area contributed by atoms with Crippen LogP contribution in [0.15, 0.2) is 0 Å². The largest absolute Gasteiger partial charge is 0.393 e. The zero-order valence-electron chi connectivity index (χ0n) is 20.1. The summed E-state index contributed by atoms with van der Waals surface area (Å²) in [6.45, 7) is 4.92. The van der Waals surface area contributed by atoms with Crippen molar-refractivity contribution in [1.29, 1.82) is 0 Å². The van der Waals surface area contributed by atoms with Gasteiger partial charge in [0.05, 0.1) is 18.8 Å². The first-order chi connectivity index (χ1) is 14.8. The van der Waals surface area contributed by atoms with Crippen LogP contribution >= 0.6 is 0 Å². The van der Waals surface area contributed by atoms with Gasteiger partial charge in [-0.05, 0) is 19.3 Å². The van der Waals surface area contributed by atoms with E-state index in [-0.39, 0.29) is 0 Å². The average Bonchev–Trinajstić information content (AvgIpc) is 2.77. The van der Waals surface area contributed by atoms with Crippen molar-refractivity contribution < 1.29 is 29.6 Å². The Kier molecular flexibility index (Phi) is 16.0. The quantitative estimate of drug-likeness (QED) is 0.168. The van der Waals surface area contributed by atoms with Crippen LogP contribution in [-0.4, -0.2) is 59.0 Å². The molecule has 0 saturated carbocycles. The van der Waals surface area contributed by atoms with Gasteiger partial charge >= 0.3 is 0 Å². The number of aliphatic hydroxyl groups excluding tert-OH is 3. The molecule has 0 aliphatic carbocycles. The van der Waals surface area contributed by atoms with E-state index in [0.29, 0.717) is 19.3 Å². The highest BCUT2D eigenvalue weighted by atomic mass is 16.5. The number of aliphatic hydroxyl groups is 3. The third-order valence-corrected chi connectivity index (χ3v) is 6.54. The summed E-state index contributed by atoms with van der Waals surface area (Å²) in [4.78, 5) is 26.0. The van der Waals surface area contributed by atoms with Gasteiger partial charge in [0.1, 0.15) is 11.5 Å². The molecule has 31 heavy (non-hydrogen) atoms. The van der Waals surface area contributed by atoms with Crippen molar-refractivity contribution in [2.45, 2.75) is 116 Å². The van der Waals surface area contributed by atoms with Crippen LogP contribution in [0.4, 0.5) is 0 Å². The van der Waals surface area contributed by atoms with Crippen molar-refractivity contribution in [1.82, 2.24) is 0 Å². The molecule has 0 fully saturated rings. The van der Waals surface area contributed by atoms with Crippen LogP contribution in [0.1, 0.15) is 97.8 Å². The summed E-state index contributed by atoms with van der Waals surface area (Å²) in [7, 11) is 1.39. The maximum absolute atomic E-state index is 13.2. The average molecular weight is 446 g/mol. The molecule has 0 aliphatic heterocycles. The first-order valence-corrected chi connectivity index (χ1v) is 12.1. The van der Waals surface area contributed by atoms with E-state index in [9.17, 15) is 24.9 Å². The number of amides is 1. The molecule has 0 aliphatic rings. The van der Waals surface area contributed by atoms with Crippen molar-refractivity contribution in [3.8, 4) is 0 Å². The highest BCUT2D eigenvalue weighted by Crippen LogP contribution is 2.42. The van der Waals surface area contributed by atoms with Crippen LogP contribution < -0.4 is 5.73 Å². The Morgan fingerprint density at radius 2 is 1.42 bits per heavy atom. The minimum Gasteiger partial charge on any atom is -0.393 e. The number of primary amides is 1. The summed E-state index contributed by atoms with van der Waals surface area (Å²) in [6, 6.07) is 0. The number of hydrogen-bond acceptors (Lipinski definition) is 6. The van der Waals surface area contributed by atoms with Gasteiger partial charge in [-0.1, -0.05) is 78.6 Å². The van der Waals surface area contributed by atoms with Crippen molar-refractivity contribution in [2.24, 2.45) is 17.1 Å². The smallest absolute Gasteiger partial charge is 0.234 e. The van der Waals surface area contributed by atoms with E-state index < -0.39 is 47.9 Å². The summed E-state index contributed by atoms with van der Waals surface area (Å²) in [5, 5.41) is 30.3. The number of ketones is 1. The molecule has 5 N–H and O–H groups in total. The third-order valence-electron chi connectivity index (χ3n) is 6.54. The second-order valence-corrected chi connectivity index (χ2v) is 8.63. The number of carbonyl (C=O) groups excluding carboxylic acids is 2. The van der Waals surface area contributed by atoms with Crippen LogP contribution in [-0.2, 0) is 14.3 Å². The van der Waals surface area contributed by atoms with E-state index in [1.807, 2.05) is 0 Å². The molecule has 7 nitrogen and oxygen atoms in total. The number of hydrogen-bond donors (Lipinski definition) is 4. The minimum absolute atomic E-state index is 0.300. The summed E-state index contributed by atoms with van der Waals surface area (Å²) >= 11 is 0. The highest BCUT2D eigenvalue weighted by molar-refractivity contribution is 6.08. The topological polar surface area (TPSA) is 130 Å². The summed E-state index contributed by atoms with van der Waals surface area (Å²) in [5.74, 6) is -2.59. The SMILES string of the molecule is CCCCCCCCCCCC(C(O)CC)C(C(N)=O)(C(=O)C(O)CO)C(CC)OC. The molecule has 0 radical (unpaired) electrons. The van der Waals surface area contributed by atoms with E-state index in [2.05, 4.69) is 6.92 Å². The zero-order chi connectivity index (χ0) is 23.9. The molecule has 0 aromatic rings. The molecule has 0 spiro atoms. The Morgan fingerprint density at radius 1 is 0.903 bits per heavy atom. The lowest BCUT2D eigenvalue weighted by molar-refractivity contribution is -0.170. The van der Waals surface area contributed by atoms with Gasteiger partial charge in [-0.25, -0.2) is 0 Å². The molecule has 5 atom stereocenters. The second-order valence-electron chi connectivity index (χ2n) is 8.63. The Labute approximate surface area is 188 Å². The van der Waals surface area contributed by atoms with Gasteiger partial charge in [0.25, 0.3) is 0 Å². The van der Waals surface area contributed by atoms with Gasteiger partial charge in [-0.3, -0.25) is 9.59 Å². The summed E-state index contributed by atoms with van der Waals surface area (Å²) in [5.41, 5.74) is 3.88. The van der Waals surface area contributed by atoms with Crippen LogP contribution in [0.5, 0.6) is 0 Å². The zero-order valence-corrected chi connectivity index (χ0v) is 20.1. The first-order valence-electron chi connectivity index (χ1n) is 12.1. The molecule has 5 unspecified atom stereocenters. The van der Waals surface area contributed by atoms with Crippen molar-refractivity contribution in [2.75, 3.05) is 13.7 Å². The fraction of sp³-hybridized carbons (Fsp3) is 0.917. The van der Waals surface area contributed by atoms with Crippen LogP contribution in [0, 0.1) is 11.3 Å². The van der Waals surface area contributed by atoms with Gasteiger partial charge < -0.3 is 25.8 Å². The Balaban J connectivity index is 5.50. The maximum Gasteiger partial charge on any atom is 0.234 e. The van der Waals surface area contributed by atoms with Gasteiger partial charge in [0, 0.05) is 13.0 Å². The number of unbranched alkanes of at least 4 members (excludes halogenated alkanes) is 8. The number of carbonyl (C=O) groups is 2. The van der Waals surface area contributed by atoms with Gasteiger partial charge in [0.2, 0.25) is 5.91 Å². The normalized spacial score (nSPS) is 17.5. The van der Waals surface area contributed by atoms with Crippen molar-refractivity contribution in [3.05, 3.63) is 0 Å². The van der Waals surface area contributed by atoms with E-state index in [1.165, 1.54) is 39.2 Å². The Morgan fingerprint density at radius 3 is 1.81 bits per heavy atom. The summed E-state index contributed by atoms with van der Waals surface area (Å²) in [6.07, 6.45) is 7.51. The maximum atomic E-state index is 13.2. The van der Waals surface area contributed by atoms with Crippen molar-refractivity contribution >= 4 is 11.7 Å².